The molecule has 3 nitrogen and oxygen atoms in total. The van der Waals surface area contributed by atoms with Crippen LogP contribution in [0, 0.1) is 12.7 Å². The van der Waals surface area contributed by atoms with Crippen LogP contribution in [0.1, 0.15) is 17.1 Å². The van der Waals surface area contributed by atoms with Gasteiger partial charge in [-0.25, -0.2) is 4.39 Å². The molecule has 0 radical (unpaired) electrons. The van der Waals surface area contributed by atoms with Crippen molar-refractivity contribution in [3.8, 4) is 0 Å². The molecule has 2 rings (SSSR count). The Morgan fingerprint density at radius 2 is 2.10 bits per heavy atom. The molecule has 0 aliphatic heterocycles. The Kier molecular flexibility index (Phi) is 4.45. The van der Waals surface area contributed by atoms with Crippen LogP contribution >= 0.6 is 28.1 Å². The first-order valence-corrected chi connectivity index (χ1v) is 7.14. The number of nitrogens with zero attached hydrogens (tertiary/aromatic N) is 1. The molecular formula is C14H14BrFN2OS. The average molecular weight is 357 g/mol. The van der Waals surface area contributed by atoms with Gasteiger partial charge in [-0.1, -0.05) is 12.2 Å². The molecule has 0 aliphatic rings. The molecule has 0 fully saturated rings. The van der Waals surface area contributed by atoms with Gasteiger partial charge in [0.2, 0.25) is 0 Å². The second-order valence-electron chi connectivity index (χ2n) is 4.49. The Hall–Kier alpha value is -1.40. The van der Waals surface area contributed by atoms with Crippen LogP contribution in [0.5, 0.6) is 0 Å². The van der Waals surface area contributed by atoms with Gasteiger partial charge in [-0.3, -0.25) is 0 Å². The normalized spacial score (nSPS) is 10.6. The fourth-order valence-corrected chi connectivity index (χ4v) is 2.76. The zero-order valence-electron chi connectivity index (χ0n) is 11.1. The maximum atomic E-state index is 14.3. The van der Waals surface area contributed by atoms with Crippen LogP contribution in [0.4, 0.5) is 10.1 Å². The topological polar surface area (TPSA) is 42.4 Å². The van der Waals surface area contributed by atoms with Crippen LogP contribution in [0.2, 0.25) is 0 Å². The zero-order chi connectivity index (χ0) is 14.9. The Morgan fingerprint density at radius 1 is 1.40 bits per heavy atom. The van der Waals surface area contributed by atoms with Gasteiger partial charge in [0.15, 0.2) is 5.82 Å². The van der Waals surface area contributed by atoms with Gasteiger partial charge in [-0.2, -0.15) is 0 Å². The summed E-state index contributed by atoms with van der Waals surface area (Å²) in [5.41, 5.74) is 6.48. The summed E-state index contributed by atoms with van der Waals surface area (Å²) in [6.07, 6.45) is 0. The SMILES string of the molecule is Cc1ccc(CN(C)c2ccc(C(N)=S)c(Br)c2F)o1. The maximum Gasteiger partial charge on any atom is 0.161 e. The number of anilines is 1. The minimum Gasteiger partial charge on any atom is -0.464 e. The first-order chi connectivity index (χ1) is 9.40. The lowest BCUT2D eigenvalue weighted by Gasteiger charge is -2.20. The van der Waals surface area contributed by atoms with Crippen molar-refractivity contribution in [2.75, 3.05) is 11.9 Å². The summed E-state index contributed by atoms with van der Waals surface area (Å²) in [6, 6.07) is 7.12. The number of benzene rings is 1. The summed E-state index contributed by atoms with van der Waals surface area (Å²) < 4.78 is 20.1. The average Bonchev–Trinajstić information content (AvgIpc) is 2.77. The zero-order valence-corrected chi connectivity index (χ0v) is 13.5. The highest BCUT2D eigenvalue weighted by molar-refractivity contribution is 9.10. The Bertz CT molecular complexity index is 657. The van der Waals surface area contributed by atoms with Crippen molar-refractivity contribution in [3.63, 3.8) is 0 Å². The molecule has 0 saturated heterocycles. The van der Waals surface area contributed by atoms with Gasteiger partial charge >= 0.3 is 0 Å². The van der Waals surface area contributed by atoms with E-state index in [-0.39, 0.29) is 15.3 Å². The molecule has 0 unspecified atom stereocenters. The molecule has 2 aromatic rings. The minimum absolute atomic E-state index is 0.159. The molecule has 0 bridgehead atoms. The quantitative estimate of drug-likeness (QED) is 0.847. The largest absolute Gasteiger partial charge is 0.464 e. The molecule has 0 atom stereocenters. The number of hydrogen-bond donors (Lipinski definition) is 1. The first-order valence-electron chi connectivity index (χ1n) is 5.94. The summed E-state index contributed by atoms with van der Waals surface area (Å²) in [7, 11) is 1.79. The van der Waals surface area contributed by atoms with Crippen LogP contribution in [-0.4, -0.2) is 12.0 Å². The first kappa shape index (κ1) is 15.0. The summed E-state index contributed by atoms with van der Waals surface area (Å²) >= 11 is 8.08. The predicted molar refractivity (Wildman–Crippen MR) is 85.5 cm³/mol. The molecule has 2 N–H and O–H groups in total. The Morgan fingerprint density at radius 3 is 2.65 bits per heavy atom. The number of furan rings is 1. The molecule has 6 heteroatoms. The van der Waals surface area contributed by atoms with E-state index in [4.69, 9.17) is 22.4 Å². The lowest BCUT2D eigenvalue weighted by atomic mass is 10.2. The van der Waals surface area contributed by atoms with Gasteiger partial charge in [0, 0.05) is 12.6 Å². The minimum atomic E-state index is -0.388. The summed E-state index contributed by atoms with van der Waals surface area (Å²) in [5, 5.41) is 0. The number of rotatable bonds is 4. The monoisotopic (exact) mass is 356 g/mol. The molecular weight excluding hydrogens is 343 g/mol. The lowest BCUT2D eigenvalue weighted by Crippen LogP contribution is -2.19. The number of hydrogen-bond acceptors (Lipinski definition) is 3. The number of aryl methyl sites for hydroxylation is 1. The Balaban J connectivity index is 2.28. The molecule has 0 spiro atoms. The highest BCUT2D eigenvalue weighted by atomic mass is 79.9. The fourth-order valence-electron chi connectivity index (χ4n) is 1.91. The summed E-state index contributed by atoms with van der Waals surface area (Å²) in [5.74, 6) is 1.22. The van der Waals surface area contributed by atoms with E-state index in [1.54, 1.807) is 24.1 Å². The van der Waals surface area contributed by atoms with Crippen molar-refractivity contribution in [1.82, 2.24) is 0 Å². The van der Waals surface area contributed by atoms with Crippen LogP contribution in [0.25, 0.3) is 0 Å². The van der Waals surface area contributed by atoms with Crippen LogP contribution < -0.4 is 10.6 Å². The van der Waals surface area contributed by atoms with E-state index in [2.05, 4.69) is 15.9 Å². The van der Waals surface area contributed by atoms with E-state index in [0.717, 1.165) is 11.5 Å². The van der Waals surface area contributed by atoms with Crippen molar-refractivity contribution in [3.05, 3.63) is 51.6 Å². The van der Waals surface area contributed by atoms with Gasteiger partial charge in [-0.15, -0.1) is 0 Å². The molecule has 0 amide bonds. The summed E-state index contributed by atoms with van der Waals surface area (Å²) in [4.78, 5) is 1.92. The highest BCUT2D eigenvalue weighted by Gasteiger charge is 2.16. The Labute approximate surface area is 130 Å². The van der Waals surface area contributed by atoms with Crippen molar-refractivity contribution in [1.29, 1.82) is 0 Å². The second kappa shape index (κ2) is 5.93. The van der Waals surface area contributed by atoms with Crippen molar-refractivity contribution in [2.24, 2.45) is 5.73 Å². The van der Waals surface area contributed by atoms with Gasteiger partial charge in [-0.05, 0) is 47.1 Å². The van der Waals surface area contributed by atoms with Crippen LogP contribution in [0.3, 0.4) is 0 Å². The number of halogens is 2. The predicted octanol–water partition coefficient (Wildman–Crippen LogP) is 3.76. The van der Waals surface area contributed by atoms with Gasteiger partial charge < -0.3 is 15.1 Å². The number of thiocarbonyl (C=S) groups is 1. The third-order valence-electron chi connectivity index (χ3n) is 2.93. The molecule has 20 heavy (non-hydrogen) atoms. The smallest absolute Gasteiger partial charge is 0.161 e. The van der Waals surface area contributed by atoms with E-state index < -0.39 is 0 Å². The van der Waals surface area contributed by atoms with E-state index in [1.165, 1.54) is 0 Å². The van der Waals surface area contributed by atoms with Gasteiger partial charge in [0.05, 0.1) is 16.7 Å². The second-order valence-corrected chi connectivity index (χ2v) is 5.73. The van der Waals surface area contributed by atoms with Crippen molar-refractivity contribution in [2.45, 2.75) is 13.5 Å². The lowest BCUT2D eigenvalue weighted by molar-refractivity contribution is 0.480. The third-order valence-corrected chi connectivity index (χ3v) is 3.92. The van der Waals surface area contributed by atoms with E-state index >= 15 is 0 Å². The molecule has 0 saturated carbocycles. The third kappa shape index (κ3) is 3.02. The molecule has 1 aromatic carbocycles. The summed E-state index contributed by atoms with van der Waals surface area (Å²) in [6.45, 7) is 2.35. The van der Waals surface area contributed by atoms with Crippen molar-refractivity contribution >= 4 is 38.8 Å². The fraction of sp³-hybridized carbons (Fsp3) is 0.214. The molecule has 1 heterocycles. The van der Waals surface area contributed by atoms with E-state index in [0.29, 0.717) is 17.8 Å². The van der Waals surface area contributed by atoms with E-state index in [9.17, 15) is 4.39 Å². The highest BCUT2D eigenvalue weighted by Crippen LogP contribution is 2.29. The van der Waals surface area contributed by atoms with Crippen LogP contribution in [0.15, 0.2) is 33.2 Å². The number of nitrogens with two attached hydrogens (primary N) is 1. The molecule has 0 aliphatic carbocycles. The molecule has 1 aromatic heterocycles. The maximum absolute atomic E-state index is 14.3. The van der Waals surface area contributed by atoms with Crippen molar-refractivity contribution < 1.29 is 8.81 Å². The standard InChI is InChI=1S/C14H14BrFN2OS/c1-8-3-4-9(19-8)7-18(2)11-6-5-10(14(17)20)12(15)13(11)16/h3-6H,7H2,1-2H3,(H2,17,20). The van der Waals surface area contributed by atoms with Gasteiger partial charge in [0.1, 0.15) is 16.5 Å². The van der Waals surface area contributed by atoms with E-state index in [1.807, 2.05) is 19.1 Å². The van der Waals surface area contributed by atoms with Crippen LogP contribution in [-0.2, 0) is 6.54 Å². The van der Waals surface area contributed by atoms with Gasteiger partial charge in [0.25, 0.3) is 0 Å². The molecule has 106 valence electrons.